The molecule has 0 aliphatic heterocycles. The maximum Gasteiger partial charge on any atom is 0.148 e. The van der Waals surface area contributed by atoms with Crippen LogP contribution in [0.15, 0.2) is 36.4 Å². The smallest absolute Gasteiger partial charge is 0.148 e. The van der Waals surface area contributed by atoms with Gasteiger partial charge in [0.25, 0.3) is 0 Å². The van der Waals surface area contributed by atoms with Crippen LogP contribution in [0.1, 0.15) is 29.9 Å². The van der Waals surface area contributed by atoms with Crippen LogP contribution in [0.25, 0.3) is 0 Å². The first-order valence-corrected chi connectivity index (χ1v) is 7.54. The van der Waals surface area contributed by atoms with Gasteiger partial charge >= 0.3 is 0 Å². The summed E-state index contributed by atoms with van der Waals surface area (Å²) in [5, 5.41) is 0. The van der Waals surface area contributed by atoms with Crippen molar-refractivity contribution in [3.63, 3.8) is 0 Å². The number of halogens is 1. The summed E-state index contributed by atoms with van der Waals surface area (Å²) in [6, 6.07) is 11.8. The van der Waals surface area contributed by atoms with Crippen LogP contribution in [-0.2, 0) is 0 Å². The lowest BCUT2D eigenvalue weighted by Gasteiger charge is -2.24. The van der Waals surface area contributed by atoms with Gasteiger partial charge in [0.2, 0.25) is 0 Å². The number of hydrogen-bond acceptors (Lipinski definition) is 3. The second-order valence-corrected chi connectivity index (χ2v) is 6.26. The van der Waals surface area contributed by atoms with E-state index in [9.17, 15) is 0 Å². The highest BCUT2D eigenvalue weighted by Crippen LogP contribution is 2.33. The van der Waals surface area contributed by atoms with Crippen molar-refractivity contribution < 1.29 is 4.74 Å². The molecule has 2 rings (SSSR count). The summed E-state index contributed by atoms with van der Waals surface area (Å²) < 4.78 is 6.88. The molecule has 0 aliphatic rings. The second kappa shape index (κ2) is 6.42. The average molecular weight is 296 g/mol. The van der Waals surface area contributed by atoms with Crippen molar-refractivity contribution in [3.8, 4) is 5.75 Å². The van der Waals surface area contributed by atoms with Gasteiger partial charge in [0.05, 0.1) is 4.34 Å². The first-order valence-electron chi connectivity index (χ1n) is 6.35. The summed E-state index contributed by atoms with van der Waals surface area (Å²) in [5.41, 5.74) is 7.30. The van der Waals surface area contributed by atoms with Gasteiger partial charge in [-0.1, -0.05) is 36.7 Å². The summed E-state index contributed by atoms with van der Waals surface area (Å²) in [6.07, 6.45) is 0.704. The van der Waals surface area contributed by atoms with E-state index in [0.717, 1.165) is 26.9 Å². The molecule has 0 saturated heterocycles. The zero-order valence-corrected chi connectivity index (χ0v) is 12.7. The fourth-order valence-corrected chi connectivity index (χ4v) is 3.04. The highest BCUT2D eigenvalue weighted by Gasteiger charge is 2.22. The molecule has 0 bridgehead atoms. The second-order valence-electron chi connectivity index (χ2n) is 4.52. The van der Waals surface area contributed by atoms with Crippen LogP contribution in [0.2, 0.25) is 4.34 Å². The third-order valence-electron chi connectivity index (χ3n) is 3.08. The van der Waals surface area contributed by atoms with Crippen LogP contribution >= 0.6 is 22.9 Å². The van der Waals surface area contributed by atoms with Gasteiger partial charge in [-0.15, -0.1) is 11.3 Å². The minimum atomic E-state index is -0.149. The van der Waals surface area contributed by atoms with Crippen LogP contribution < -0.4 is 10.5 Å². The molecule has 2 nitrogen and oxygen atoms in total. The van der Waals surface area contributed by atoms with E-state index in [0.29, 0.717) is 0 Å². The van der Waals surface area contributed by atoms with Gasteiger partial charge in [-0.2, -0.15) is 0 Å². The molecule has 0 spiro atoms. The van der Waals surface area contributed by atoms with Gasteiger partial charge in [0, 0.05) is 10.9 Å². The van der Waals surface area contributed by atoms with Crippen LogP contribution in [0.5, 0.6) is 5.75 Å². The van der Waals surface area contributed by atoms with Gasteiger partial charge in [0.15, 0.2) is 0 Å². The van der Waals surface area contributed by atoms with Crippen molar-refractivity contribution in [1.82, 2.24) is 0 Å². The monoisotopic (exact) mass is 295 g/mol. The van der Waals surface area contributed by atoms with E-state index < -0.39 is 0 Å². The van der Waals surface area contributed by atoms with Crippen LogP contribution in [0.4, 0.5) is 0 Å². The first-order chi connectivity index (χ1) is 9.11. The molecule has 1 aromatic carbocycles. The van der Waals surface area contributed by atoms with Crippen molar-refractivity contribution in [3.05, 3.63) is 51.2 Å². The van der Waals surface area contributed by atoms with Crippen molar-refractivity contribution in [2.24, 2.45) is 5.73 Å². The van der Waals surface area contributed by atoms with Gasteiger partial charge in [-0.05, 0) is 37.1 Å². The van der Waals surface area contributed by atoms with E-state index in [4.69, 9.17) is 22.1 Å². The average Bonchev–Trinajstić information content (AvgIpc) is 2.83. The number of thiophene rings is 1. The maximum atomic E-state index is 6.19. The minimum Gasteiger partial charge on any atom is -0.483 e. The van der Waals surface area contributed by atoms with Crippen LogP contribution in [0, 0.1) is 6.92 Å². The number of aryl methyl sites for hydroxylation is 1. The molecule has 0 saturated carbocycles. The lowest BCUT2D eigenvalue weighted by Crippen LogP contribution is -2.31. The van der Waals surface area contributed by atoms with Crippen LogP contribution in [0.3, 0.4) is 0 Å². The lowest BCUT2D eigenvalue weighted by atomic mass is 10.1. The maximum absolute atomic E-state index is 6.19. The van der Waals surface area contributed by atoms with Gasteiger partial charge in [0.1, 0.15) is 11.9 Å². The van der Waals surface area contributed by atoms with Crippen molar-refractivity contribution in [2.45, 2.75) is 32.4 Å². The molecule has 0 fully saturated rings. The van der Waals surface area contributed by atoms with E-state index in [1.54, 1.807) is 0 Å². The third kappa shape index (κ3) is 3.50. The molecule has 102 valence electrons. The van der Waals surface area contributed by atoms with Crippen molar-refractivity contribution in [1.29, 1.82) is 0 Å². The standard InChI is InChI=1S/C15H18ClNOS/c1-3-11(17)15(13-8-9-14(16)19-13)18-12-7-5-4-6-10(12)2/h4-9,11,15H,3,17H2,1-2H3. The van der Waals surface area contributed by atoms with Gasteiger partial charge < -0.3 is 10.5 Å². The quantitative estimate of drug-likeness (QED) is 0.877. The molecule has 2 unspecified atom stereocenters. The summed E-state index contributed by atoms with van der Waals surface area (Å²) in [6.45, 7) is 4.10. The Morgan fingerprint density at radius 2 is 2.00 bits per heavy atom. The van der Waals surface area contributed by atoms with Crippen LogP contribution in [-0.4, -0.2) is 6.04 Å². The molecule has 1 aromatic heterocycles. The van der Waals surface area contributed by atoms with Gasteiger partial charge in [-0.25, -0.2) is 0 Å². The SMILES string of the molecule is CCC(N)C(Oc1ccccc1C)c1ccc(Cl)s1. The number of rotatable bonds is 5. The Morgan fingerprint density at radius 3 is 2.58 bits per heavy atom. The van der Waals surface area contributed by atoms with Gasteiger partial charge in [-0.3, -0.25) is 0 Å². The number of ether oxygens (including phenoxy) is 1. The Balaban J connectivity index is 2.27. The summed E-state index contributed by atoms with van der Waals surface area (Å²) in [5.74, 6) is 0.876. The molecule has 0 radical (unpaired) electrons. The normalized spacial score (nSPS) is 14.1. The molecule has 2 aromatic rings. The summed E-state index contributed by atoms with van der Waals surface area (Å²) >= 11 is 7.53. The molecule has 4 heteroatoms. The first kappa shape index (κ1) is 14.4. The van der Waals surface area contributed by atoms with E-state index in [2.05, 4.69) is 6.92 Å². The number of hydrogen-bond donors (Lipinski definition) is 1. The molecular formula is C15H18ClNOS. The fraction of sp³-hybridized carbons (Fsp3) is 0.333. The minimum absolute atomic E-state index is 0.0469. The molecule has 1 heterocycles. The predicted molar refractivity (Wildman–Crippen MR) is 82.1 cm³/mol. The Hall–Kier alpha value is -1.03. The zero-order valence-electron chi connectivity index (χ0n) is 11.1. The molecular weight excluding hydrogens is 278 g/mol. The van der Waals surface area contributed by atoms with Crippen molar-refractivity contribution in [2.75, 3.05) is 0 Å². The van der Waals surface area contributed by atoms with E-state index in [1.165, 1.54) is 11.3 Å². The van der Waals surface area contributed by atoms with E-state index in [-0.39, 0.29) is 12.1 Å². The Kier molecular flexibility index (Phi) is 4.86. The lowest BCUT2D eigenvalue weighted by molar-refractivity contribution is 0.173. The zero-order chi connectivity index (χ0) is 13.8. The topological polar surface area (TPSA) is 35.2 Å². The Morgan fingerprint density at radius 1 is 1.26 bits per heavy atom. The van der Waals surface area contributed by atoms with Crippen molar-refractivity contribution >= 4 is 22.9 Å². The number of para-hydroxylation sites is 1. The number of nitrogens with two attached hydrogens (primary N) is 1. The molecule has 19 heavy (non-hydrogen) atoms. The predicted octanol–water partition coefficient (Wildman–Crippen LogP) is 4.57. The molecule has 0 amide bonds. The fourth-order valence-electron chi connectivity index (χ4n) is 1.88. The summed E-state index contributed by atoms with van der Waals surface area (Å²) in [7, 11) is 0. The molecule has 2 atom stereocenters. The molecule has 2 N–H and O–H groups in total. The third-order valence-corrected chi connectivity index (χ3v) is 4.37. The Labute approximate surface area is 123 Å². The number of benzene rings is 1. The highest BCUT2D eigenvalue weighted by atomic mass is 35.5. The van der Waals surface area contributed by atoms with E-state index >= 15 is 0 Å². The highest BCUT2D eigenvalue weighted by molar-refractivity contribution is 7.16. The largest absolute Gasteiger partial charge is 0.483 e. The van der Waals surface area contributed by atoms with E-state index in [1.807, 2.05) is 43.3 Å². The Bertz CT molecular complexity index is 540. The molecule has 0 aliphatic carbocycles. The summed E-state index contributed by atoms with van der Waals surface area (Å²) in [4.78, 5) is 1.07.